The first-order valence-electron chi connectivity index (χ1n) is 6.17. The zero-order valence-electron chi connectivity index (χ0n) is 10.5. The minimum absolute atomic E-state index is 0.920. The molecule has 0 aliphatic rings. The van der Waals surface area contributed by atoms with E-state index in [9.17, 15) is 0 Å². The summed E-state index contributed by atoms with van der Waals surface area (Å²) in [6, 6.07) is 10.5. The number of aromatic amines is 1. The van der Waals surface area contributed by atoms with E-state index >= 15 is 0 Å². The number of H-pyrrole nitrogens is 1. The lowest BCUT2D eigenvalue weighted by Crippen LogP contribution is -1.88. The summed E-state index contributed by atoms with van der Waals surface area (Å²) in [6.45, 7) is 0. The Balaban J connectivity index is 2.01. The highest BCUT2D eigenvalue weighted by atomic mass is 15.2. The van der Waals surface area contributed by atoms with E-state index in [1.54, 1.807) is 0 Å². The van der Waals surface area contributed by atoms with Crippen LogP contribution in [0.5, 0.6) is 0 Å². The summed E-state index contributed by atoms with van der Waals surface area (Å²) in [6.07, 6.45) is 5.65. The standard InChI is InChI=1S/C15H12N4/c1-19-14-3-2-10(8-11(14)9-18-19)12-4-6-16-15-13(12)5-7-17-15/h2-9H,1H3,(H,16,17). The van der Waals surface area contributed by atoms with Crippen LogP contribution in [0.4, 0.5) is 0 Å². The maximum atomic E-state index is 4.32. The van der Waals surface area contributed by atoms with E-state index in [4.69, 9.17) is 0 Å². The highest BCUT2D eigenvalue weighted by Gasteiger charge is 2.07. The Hall–Kier alpha value is -2.62. The van der Waals surface area contributed by atoms with Crippen LogP contribution in [0.3, 0.4) is 0 Å². The summed E-state index contributed by atoms with van der Waals surface area (Å²) in [5.74, 6) is 0. The highest BCUT2D eigenvalue weighted by molar-refractivity contribution is 5.95. The van der Waals surface area contributed by atoms with E-state index in [-0.39, 0.29) is 0 Å². The van der Waals surface area contributed by atoms with Crippen molar-refractivity contribution >= 4 is 21.9 Å². The minimum Gasteiger partial charge on any atom is -0.346 e. The number of fused-ring (bicyclic) bond motifs is 2. The first-order chi connectivity index (χ1) is 9.33. The second kappa shape index (κ2) is 3.68. The molecular formula is C15H12N4. The number of aryl methyl sites for hydroxylation is 1. The van der Waals surface area contributed by atoms with E-state index in [0.717, 1.165) is 21.9 Å². The molecule has 1 N–H and O–H groups in total. The zero-order chi connectivity index (χ0) is 12.8. The second-order valence-electron chi connectivity index (χ2n) is 4.64. The molecule has 0 spiro atoms. The predicted octanol–water partition coefficient (Wildman–Crippen LogP) is 3.12. The molecule has 4 heteroatoms. The lowest BCUT2D eigenvalue weighted by Gasteiger charge is -2.04. The normalized spacial score (nSPS) is 11.4. The lowest BCUT2D eigenvalue weighted by molar-refractivity contribution is 0.797. The first kappa shape index (κ1) is 10.3. The molecule has 0 unspecified atom stereocenters. The first-order valence-corrected chi connectivity index (χ1v) is 6.17. The van der Waals surface area contributed by atoms with E-state index in [0.29, 0.717) is 0 Å². The summed E-state index contributed by atoms with van der Waals surface area (Å²) < 4.78 is 1.89. The quantitative estimate of drug-likeness (QED) is 0.562. The van der Waals surface area contributed by atoms with Crippen molar-refractivity contribution in [2.75, 3.05) is 0 Å². The summed E-state index contributed by atoms with van der Waals surface area (Å²) in [4.78, 5) is 7.47. The molecule has 0 saturated heterocycles. The number of rotatable bonds is 1. The Bertz CT molecular complexity index is 885. The number of aromatic nitrogens is 4. The third kappa shape index (κ3) is 1.46. The maximum absolute atomic E-state index is 4.32. The monoisotopic (exact) mass is 248 g/mol. The van der Waals surface area contributed by atoms with E-state index in [2.05, 4.69) is 39.3 Å². The molecule has 0 amide bonds. The zero-order valence-corrected chi connectivity index (χ0v) is 10.5. The van der Waals surface area contributed by atoms with Gasteiger partial charge >= 0.3 is 0 Å². The van der Waals surface area contributed by atoms with Crippen molar-refractivity contribution in [1.29, 1.82) is 0 Å². The van der Waals surface area contributed by atoms with Gasteiger partial charge in [-0.3, -0.25) is 4.68 Å². The van der Waals surface area contributed by atoms with Crippen molar-refractivity contribution in [2.45, 2.75) is 0 Å². The molecule has 0 saturated carbocycles. The van der Waals surface area contributed by atoms with Crippen LogP contribution < -0.4 is 0 Å². The molecule has 0 radical (unpaired) electrons. The van der Waals surface area contributed by atoms with Crippen molar-refractivity contribution in [1.82, 2.24) is 19.7 Å². The van der Waals surface area contributed by atoms with Crippen LogP contribution in [0.1, 0.15) is 0 Å². The van der Waals surface area contributed by atoms with E-state index in [1.807, 2.05) is 36.4 Å². The molecule has 4 nitrogen and oxygen atoms in total. The molecule has 19 heavy (non-hydrogen) atoms. The number of hydrogen-bond donors (Lipinski definition) is 1. The fraction of sp³-hybridized carbons (Fsp3) is 0.0667. The van der Waals surface area contributed by atoms with Gasteiger partial charge in [-0.15, -0.1) is 0 Å². The fourth-order valence-corrected chi connectivity index (χ4v) is 2.54. The molecule has 0 aliphatic carbocycles. The van der Waals surface area contributed by atoms with Crippen LogP contribution in [0, 0.1) is 0 Å². The number of pyridine rings is 1. The Morgan fingerprint density at radius 1 is 1.16 bits per heavy atom. The molecule has 1 aromatic carbocycles. The van der Waals surface area contributed by atoms with Gasteiger partial charge < -0.3 is 4.98 Å². The van der Waals surface area contributed by atoms with Gasteiger partial charge in [-0.05, 0) is 35.4 Å². The lowest BCUT2D eigenvalue weighted by atomic mass is 10.0. The highest BCUT2D eigenvalue weighted by Crippen LogP contribution is 2.29. The Labute approximate surface area is 109 Å². The smallest absolute Gasteiger partial charge is 0.137 e. The molecule has 0 bridgehead atoms. The second-order valence-corrected chi connectivity index (χ2v) is 4.64. The van der Waals surface area contributed by atoms with Gasteiger partial charge in [0.05, 0.1) is 11.7 Å². The predicted molar refractivity (Wildman–Crippen MR) is 75.8 cm³/mol. The van der Waals surface area contributed by atoms with Gasteiger partial charge in [-0.2, -0.15) is 5.10 Å². The Morgan fingerprint density at radius 2 is 2.11 bits per heavy atom. The fourth-order valence-electron chi connectivity index (χ4n) is 2.54. The molecule has 92 valence electrons. The summed E-state index contributed by atoms with van der Waals surface area (Å²) >= 11 is 0. The third-order valence-corrected chi connectivity index (χ3v) is 3.52. The van der Waals surface area contributed by atoms with Crippen LogP contribution in [-0.2, 0) is 7.05 Å². The summed E-state index contributed by atoms with van der Waals surface area (Å²) in [5, 5.41) is 6.58. The molecule has 3 heterocycles. The van der Waals surface area contributed by atoms with Gasteiger partial charge in [0.25, 0.3) is 0 Å². The maximum Gasteiger partial charge on any atom is 0.137 e. The van der Waals surface area contributed by atoms with E-state index in [1.165, 1.54) is 11.1 Å². The van der Waals surface area contributed by atoms with Gasteiger partial charge in [0.1, 0.15) is 5.65 Å². The average molecular weight is 248 g/mol. The minimum atomic E-state index is 0.920. The van der Waals surface area contributed by atoms with Gasteiger partial charge in [0.15, 0.2) is 0 Å². The van der Waals surface area contributed by atoms with Gasteiger partial charge in [-0.25, -0.2) is 4.98 Å². The average Bonchev–Trinajstić information content (AvgIpc) is 3.05. The van der Waals surface area contributed by atoms with Crippen LogP contribution >= 0.6 is 0 Å². The van der Waals surface area contributed by atoms with Crippen molar-refractivity contribution in [3.8, 4) is 11.1 Å². The van der Waals surface area contributed by atoms with Crippen molar-refractivity contribution in [3.63, 3.8) is 0 Å². The summed E-state index contributed by atoms with van der Waals surface area (Å²) in [5.41, 5.74) is 4.44. The molecular weight excluding hydrogens is 236 g/mol. The topological polar surface area (TPSA) is 46.5 Å². The van der Waals surface area contributed by atoms with Crippen molar-refractivity contribution in [2.24, 2.45) is 7.05 Å². The molecule has 0 fully saturated rings. The molecule has 0 atom stereocenters. The van der Waals surface area contributed by atoms with Crippen LogP contribution in [0.15, 0.2) is 48.9 Å². The van der Waals surface area contributed by atoms with Crippen LogP contribution in [0.2, 0.25) is 0 Å². The Morgan fingerprint density at radius 3 is 3.05 bits per heavy atom. The van der Waals surface area contributed by atoms with Crippen LogP contribution in [-0.4, -0.2) is 19.7 Å². The Kier molecular flexibility index (Phi) is 2.00. The summed E-state index contributed by atoms with van der Waals surface area (Å²) in [7, 11) is 1.96. The number of hydrogen-bond acceptors (Lipinski definition) is 2. The third-order valence-electron chi connectivity index (χ3n) is 3.52. The van der Waals surface area contributed by atoms with E-state index < -0.39 is 0 Å². The molecule has 4 aromatic rings. The van der Waals surface area contributed by atoms with Gasteiger partial charge in [-0.1, -0.05) is 6.07 Å². The molecule has 4 rings (SSSR count). The van der Waals surface area contributed by atoms with Crippen molar-refractivity contribution in [3.05, 3.63) is 48.9 Å². The van der Waals surface area contributed by atoms with Crippen molar-refractivity contribution < 1.29 is 0 Å². The van der Waals surface area contributed by atoms with Crippen LogP contribution in [0.25, 0.3) is 33.1 Å². The number of benzene rings is 1. The SMILES string of the molecule is Cn1ncc2cc(-c3ccnc4[nH]ccc34)ccc21. The molecule has 3 aromatic heterocycles. The molecule has 0 aliphatic heterocycles. The largest absolute Gasteiger partial charge is 0.346 e. The number of nitrogens with one attached hydrogen (secondary N) is 1. The van der Waals surface area contributed by atoms with Gasteiger partial charge in [0.2, 0.25) is 0 Å². The van der Waals surface area contributed by atoms with Gasteiger partial charge in [0, 0.05) is 30.2 Å². The number of nitrogens with zero attached hydrogens (tertiary/aromatic N) is 3.